The molecule has 0 aliphatic carbocycles. The second kappa shape index (κ2) is 15.5. The van der Waals surface area contributed by atoms with Crippen molar-refractivity contribution in [1.29, 1.82) is 0 Å². The Labute approximate surface area is 356 Å². The van der Waals surface area contributed by atoms with Crippen molar-refractivity contribution in [3.8, 4) is 22.6 Å². The van der Waals surface area contributed by atoms with Gasteiger partial charge >= 0.3 is 0 Å². The Morgan fingerprint density at radius 1 is 0.459 bits per heavy atom. The zero-order valence-electron chi connectivity index (χ0n) is 34.9. The number of unbranched alkanes of at least 4 members (excludes halogenated alkanes) is 5. The first kappa shape index (κ1) is 36.9. The van der Waals surface area contributed by atoms with Crippen molar-refractivity contribution in [1.82, 2.24) is 18.7 Å². The molecule has 61 heavy (non-hydrogen) atoms. The molecule has 0 bridgehead atoms. The number of hydrogen-bond acceptors (Lipinski definition) is 2. The normalized spacial score (nSPS) is 11.9. The Morgan fingerprint density at radius 3 is 1.79 bits per heavy atom. The van der Waals surface area contributed by atoms with Crippen LogP contribution in [0, 0.1) is 0 Å². The van der Waals surface area contributed by atoms with E-state index in [9.17, 15) is 0 Å². The maximum atomic E-state index is 5.52. The third kappa shape index (κ3) is 6.18. The summed E-state index contributed by atoms with van der Waals surface area (Å²) in [7, 11) is 2.15. The van der Waals surface area contributed by atoms with Crippen LogP contribution >= 0.6 is 0 Å². The molecule has 4 heterocycles. The summed E-state index contributed by atoms with van der Waals surface area (Å²) in [6.45, 7) is 3.31. The number of pyridine rings is 1. The van der Waals surface area contributed by atoms with Crippen LogP contribution in [0.5, 0.6) is 0 Å². The van der Waals surface area contributed by atoms with Gasteiger partial charge in [-0.15, -0.1) is 0 Å². The number of aryl methyl sites for hydroxylation is 1. The molecule has 0 saturated heterocycles. The van der Waals surface area contributed by atoms with Gasteiger partial charge in [0.1, 0.15) is 11.6 Å². The first-order chi connectivity index (χ1) is 30.2. The number of aromatic nitrogens is 4. The monoisotopic (exact) mass is 791 g/mol. The minimum absolute atomic E-state index is 0.880. The van der Waals surface area contributed by atoms with E-state index in [1.54, 1.807) is 0 Å². The van der Waals surface area contributed by atoms with Crippen molar-refractivity contribution >= 4 is 76.9 Å². The Kier molecular flexibility index (Phi) is 9.38. The summed E-state index contributed by atoms with van der Waals surface area (Å²) in [5, 5.41) is 7.52. The first-order valence-electron chi connectivity index (χ1n) is 22.0. The quantitative estimate of drug-likeness (QED) is 0.115. The molecule has 0 amide bonds. The third-order valence-electron chi connectivity index (χ3n) is 12.9. The minimum atomic E-state index is 0.880. The van der Waals surface area contributed by atoms with Gasteiger partial charge in [-0.3, -0.25) is 4.57 Å². The average Bonchev–Trinajstić information content (AvgIpc) is 3.96. The van der Waals surface area contributed by atoms with Crippen LogP contribution in [0.4, 0.5) is 11.5 Å². The highest BCUT2D eigenvalue weighted by molar-refractivity contribution is 6.23. The molecule has 11 aromatic rings. The summed E-state index contributed by atoms with van der Waals surface area (Å²) in [6.07, 6.45) is 7.71. The van der Waals surface area contributed by atoms with Crippen molar-refractivity contribution in [3.63, 3.8) is 0 Å². The molecule has 0 atom stereocenters. The fraction of sp³-hybridized carbons (Fsp3) is 0.161. The lowest BCUT2D eigenvalue weighted by Gasteiger charge is -2.23. The van der Waals surface area contributed by atoms with Crippen molar-refractivity contribution in [2.45, 2.75) is 52.0 Å². The maximum absolute atomic E-state index is 5.52. The summed E-state index contributed by atoms with van der Waals surface area (Å²) in [5.74, 6) is 1.76. The molecule has 298 valence electrons. The smallest absolute Gasteiger partial charge is 0.140 e. The first-order valence-corrected chi connectivity index (χ1v) is 22.0. The molecule has 11 rings (SSSR count). The Morgan fingerprint density at radius 2 is 1.03 bits per heavy atom. The number of fused-ring (bicyclic) bond motifs is 10. The molecule has 0 fully saturated rings. The van der Waals surface area contributed by atoms with E-state index in [0.29, 0.717) is 0 Å². The second-order valence-corrected chi connectivity index (χ2v) is 16.5. The Bertz CT molecular complexity index is 3380. The van der Waals surface area contributed by atoms with E-state index in [2.05, 4.69) is 208 Å². The number of para-hydroxylation sites is 5. The number of anilines is 2. The molecule has 0 unspecified atom stereocenters. The van der Waals surface area contributed by atoms with E-state index in [1.165, 1.54) is 104 Å². The van der Waals surface area contributed by atoms with Crippen LogP contribution in [-0.2, 0) is 6.54 Å². The predicted octanol–water partition coefficient (Wildman–Crippen LogP) is 15.2. The van der Waals surface area contributed by atoms with Crippen LogP contribution in [-0.4, -0.2) is 25.7 Å². The fourth-order valence-corrected chi connectivity index (χ4v) is 9.95. The van der Waals surface area contributed by atoms with Crippen LogP contribution in [0.1, 0.15) is 45.4 Å². The van der Waals surface area contributed by atoms with E-state index in [1.807, 2.05) is 0 Å². The highest BCUT2D eigenvalue weighted by Crippen LogP contribution is 2.42. The highest BCUT2D eigenvalue weighted by Gasteiger charge is 2.22. The van der Waals surface area contributed by atoms with Gasteiger partial charge in [0.2, 0.25) is 0 Å². The van der Waals surface area contributed by atoms with Crippen LogP contribution in [0.3, 0.4) is 0 Å². The Balaban J connectivity index is 1.04. The van der Waals surface area contributed by atoms with Crippen LogP contribution in [0.15, 0.2) is 176 Å². The lowest BCUT2D eigenvalue weighted by atomic mass is 10.0. The van der Waals surface area contributed by atoms with Crippen molar-refractivity contribution < 1.29 is 0 Å². The highest BCUT2D eigenvalue weighted by atomic mass is 15.2. The standard InChI is InChI=1S/C56H49N5/c1-3-4-5-6-7-19-37-59-49-28-16-12-24-42(49)45-34-33-39(38-52(45)59)41-23-11-15-27-48(41)58(2)53-31-20-32-54(57-53)61-51-30-18-14-26-44(51)47-36-35-46-43-25-13-17-29-50(43)60(55(46)56(47)61)40-21-9-8-10-22-40/h8-18,20-36,38H,3-7,19,37H2,1-2H3. The maximum Gasteiger partial charge on any atom is 0.140 e. The van der Waals surface area contributed by atoms with E-state index in [4.69, 9.17) is 4.98 Å². The lowest BCUT2D eigenvalue weighted by molar-refractivity contribution is 0.571. The molecular formula is C56H49N5. The number of hydrogen-bond donors (Lipinski definition) is 0. The number of rotatable bonds is 12. The summed E-state index contributed by atoms with van der Waals surface area (Å²) in [5.41, 5.74) is 11.9. The van der Waals surface area contributed by atoms with Crippen LogP contribution < -0.4 is 4.90 Å². The second-order valence-electron chi connectivity index (χ2n) is 16.5. The van der Waals surface area contributed by atoms with Crippen molar-refractivity contribution in [3.05, 3.63) is 176 Å². The van der Waals surface area contributed by atoms with Crippen LogP contribution in [0.25, 0.3) is 88.0 Å². The molecular weight excluding hydrogens is 743 g/mol. The van der Waals surface area contributed by atoms with Gasteiger partial charge in [0.05, 0.1) is 22.1 Å². The van der Waals surface area contributed by atoms with E-state index >= 15 is 0 Å². The molecule has 0 aliphatic heterocycles. The molecule has 0 radical (unpaired) electrons. The van der Waals surface area contributed by atoms with Crippen molar-refractivity contribution in [2.24, 2.45) is 0 Å². The SMILES string of the molecule is CCCCCCCCn1c2ccccc2c2ccc(-c3ccccc3N(C)c3cccc(-n4c5ccccc5c5ccc6c7ccccc7n(-c7ccccc7)c6c54)n3)cc21. The fourth-order valence-electron chi connectivity index (χ4n) is 9.95. The molecule has 5 nitrogen and oxygen atoms in total. The topological polar surface area (TPSA) is 30.9 Å². The van der Waals surface area contributed by atoms with Crippen molar-refractivity contribution in [2.75, 3.05) is 11.9 Å². The lowest BCUT2D eigenvalue weighted by Crippen LogP contribution is -2.13. The molecule has 0 N–H and O–H groups in total. The van der Waals surface area contributed by atoms with E-state index < -0.39 is 0 Å². The average molecular weight is 792 g/mol. The molecule has 5 heteroatoms. The van der Waals surface area contributed by atoms with E-state index in [0.717, 1.165) is 40.6 Å². The summed E-state index contributed by atoms with van der Waals surface area (Å²) in [6, 6.07) is 64.0. The minimum Gasteiger partial charge on any atom is -0.340 e. The molecule has 0 saturated carbocycles. The van der Waals surface area contributed by atoms with Gasteiger partial charge in [0.15, 0.2) is 0 Å². The van der Waals surface area contributed by atoms with Gasteiger partial charge in [0, 0.05) is 73.9 Å². The zero-order valence-corrected chi connectivity index (χ0v) is 34.9. The molecule has 0 spiro atoms. The summed E-state index contributed by atoms with van der Waals surface area (Å²) >= 11 is 0. The zero-order chi connectivity index (χ0) is 40.9. The largest absolute Gasteiger partial charge is 0.340 e. The molecule has 0 aliphatic rings. The van der Waals surface area contributed by atoms with Gasteiger partial charge in [-0.2, -0.15) is 0 Å². The van der Waals surface area contributed by atoms with Gasteiger partial charge in [-0.1, -0.05) is 160 Å². The van der Waals surface area contributed by atoms with Gasteiger partial charge in [0.25, 0.3) is 0 Å². The molecule has 7 aromatic carbocycles. The van der Waals surface area contributed by atoms with Gasteiger partial charge in [-0.25, -0.2) is 4.98 Å². The van der Waals surface area contributed by atoms with Gasteiger partial charge < -0.3 is 14.0 Å². The summed E-state index contributed by atoms with van der Waals surface area (Å²) < 4.78 is 7.37. The predicted molar refractivity (Wildman–Crippen MR) is 259 cm³/mol. The third-order valence-corrected chi connectivity index (χ3v) is 12.9. The molecule has 4 aromatic heterocycles. The van der Waals surface area contributed by atoms with E-state index in [-0.39, 0.29) is 0 Å². The van der Waals surface area contributed by atoms with Crippen LogP contribution in [0.2, 0.25) is 0 Å². The number of benzene rings is 7. The number of nitrogens with zero attached hydrogens (tertiary/aromatic N) is 5. The van der Waals surface area contributed by atoms with Gasteiger partial charge in [-0.05, 0) is 66.6 Å². The summed E-state index contributed by atoms with van der Waals surface area (Å²) in [4.78, 5) is 7.77. The Hall–Kier alpha value is -7.11.